The Morgan fingerprint density at radius 3 is 2.47 bits per heavy atom. The summed E-state index contributed by atoms with van der Waals surface area (Å²) in [5, 5.41) is 0. The van der Waals surface area contributed by atoms with Crippen LogP contribution in [0.4, 0.5) is 10.1 Å². The molecule has 1 aliphatic rings. The van der Waals surface area contributed by atoms with Gasteiger partial charge in [-0.3, -0.25) is 4.79 Å². The Bertz CT molecular complexity index is 1180. The number of amides is 1. The van der Waals surface area contributed by atoms with Crippen molar-refractivity contribution in [3.8, 4) is 0 Å². The molecule has 1 aliphatic heterocycles. The van der Waals surface area contributed by atoms with Crippen LogP contribution in [-0.2, 0) is 17.8 Å². The molecular weight excluding hydrogens is 377 g/mol. The number of hydrogen-bond donors (Lipinski definition) is 0. The minimum Gasteiger partial charge on any atom is -0.327 e. The highest BCUT2D eigenvalue weighted by Crippen LogP contribution is 2.33. The molecule has 1 unspecified atom stereocenters. The van der Waals surface area contributed by atoms with Crippen LogP contribution in [0.5, 0.6) is 0 Å². The van der Waals surface area contributed by atoms with Crippen LogP contribution >= 0.6 is 0 Å². The van der Waals surface area contributed by atoms with E-state index in [-0.39, 0.29) is 17.6 Å². The second-order valence-electron chi connectivity index (χ2n) is 7.73. The summed E-state index contributed by atoms with van der Waals surface area (Å²) in [5.41, 5.74) is 4.05. The van der Waals surface area contributed by atoms with E-state index in [9.17, 15) is 9.18 Å². The van der Waals surface area contributed by atoms with Gasteiger partial charge in [0.25, 0.3) is 0 Å². The van der Waals surface area contributed by atoms with Crippen molar-refractivity contribution < 1.29 is 9.18 Å². The highest BCUT2D eigenvalue weighted by Gasteiger charge is 2.34. The predicted molar refractivity (Wildman–Crippen MR) is 116 cm³/mol. The van der Waals surface area contributed by atoms with Gasteiger partial charge in [-0.1, -0.05) is 42.5 Å². The summed E-state index contributed by atoms with van der Waals surface area (Å²) in [7, 11) is 0. The largest absolute Gasteiger partial charge is 0.327 e. The van der Waals surface area contributed by atoms with Crippen molar-refractivity contribution in [3.05, 3.63) is 96.1 Å². The van der Waals surface area contributed by atoms with Gasteiger partial charge in [-0.15, -0.1) is 0 Å². The molecule has 4 nitrogen and oxygen atoms in total. The van der Waals surface area contributed by atoms with Crippen molar-refractivity contribution in [2.45, 2.75) is 25.3 Å². The average Bonchev–Trinajstić information content (AvgIpc) is 3.34. The van der Waals surface area contributed by atoms with Gasteiger partial charge >= 0.3 is 0 Å². The lowest BCUT2D eigenvalue weighted by Crippen LogP contribution is -2.24. The summed E-state index contributed by atoms with van der Waals surface area (Å²) in [6.45, 7) is 1.36. The minimum atomic E-state index is -0.301. The van der Waals surface area contributed by atoms with E-state index >= 15 is 0 Å². The van der Waals surface area contributed by atoms with Gasteiger partial charge in [0.2, 0.25) is 5.91 Å². The molecule has 30 heavy (non-hydrogen) atoms. The molecule has 1 amide bonds. The Labute approximate surface area is 174 Å². The van der Waals surface area contributed by atoms with E-state index in [1.54, 1.807) is 17.0 Å². The van der Waals surface area contributed by atoms with E-state index in [0.717, 1.165) is 35.5 Å². The molecule has 2 heterocycles. The normalized spacial score (nSPS) is 16.5. The van der Waals surface area contributed by atoms with E-state index in [1.807, 2.05) is 24.3 Å². The van der Waals surface area contributed by atoms with Crippen LogP contribution < -0.4 is 4.90 Å². The molecule has 5 rings (SSSR count). The van der Waals surface area contributed by atoms with Crippen molar-refractivity contribution in [1.82, 2.24) is 9.55 Å². The van der Waals surface area contributed by atoms with Gasteiger partial charge in [0, 0.05) is 31.1 Å². The highest BCUT2D eigenvalue weighted by molar-refractivity contribution is 5.96. The minimum absolute atomic E-state index is 0.00530. The van der Waals surface area contributed by atoms with Gasteiger partial charge in [-0.25, -0.2) is 9.37 Å². The molecule has 0 saturated carbocycles. The third-order valence-corrected chi connectivity index (χ3v) is 5.78. The summed E-state index contributed by atoms with van der Waals surface area (Å²) in [5.74, 6) is 0.703. The lowest BCUT2D eigenvalue weighted by Gasteiger charge is -2.17. The zero-order valence-electron chi connectivity index (χ0n) is 16.5. The molecular formula is C25H22FN3O. The smallest absolute Gasteiger partial charge is 0.227 e. The Kier molecular flexibility index (Phi) is 4.79. The second-order valence-corrected chi connectivity index (χ2v) is 7.73. The maximum atomic E-state index is 13.3. The number of carbonyl (C=O) groups is 1. The van der Waals surface area contributed by atoms with Crippen LogP contribution in [0.1, 0.15) is 23.7 Å². The Morgan fingerprint density at radius 2 is 1.67 bits per heavy atom. The van der Waals surface area contributed by atoms with Gasteiger partial charge in [0.05, 0.1) is 11.0 Å². The quantitative estimate of drug-likeness (QED) is 0.477. The first kappa shape index (κ1) is 18.6. The van der Waals surface area contributed by atoms with Crippen molar-refractivity contribution in [2.75, 3.05) is 11.4 Å². The fraction of sp³-hybridized carbons (Fsp3) is 0.200. The summed E-state index contributed by atoms with van der Waals surface area (Å²) < 4.78 is 15.5. The Balaban J connectivity index is 1.46. The lowest BCUT2D eigenvalue weighted by atomic mass is 10.1. The van der Waals surface area contributed by atoms with Gasteiger partial charge in [-0.05, 0) is 48.4 Å². The molecule has 0 bridgehead atoms. The molecule has 1 aromatic heterocycles. The summed E-state index contributed by atoms with van der Waals surface area (Å²) >= 11 is 0. The molecule has 4 aromatic rings. The Morgan fingerprint density at radius 1 is 0.933 bits per heavy atom. The van der Waals surface area contributed by atoms with Gasteiger partial charge in [0.15, 0.2) is 0 Å². The first-order valence-corrected chi connectivity index (χ1v) is 10.2. The molecule has 0 N–H and O–H groups in total. The van der Waals surface area contributed by atoms with Crippen molar-refractivity contribution in [2.24, 2.45) is 0 Å². The lowest BCUT2D eigenvalue weighted by molar-refractivity contribution is -0.117. The van der Waals surface area contributed by atoms with Gasteiger partial charge < -0.3 is 9.47 Å². The number of para-hydroxylation sites is 2. The van der Waals surface area contributed by atoms with Crippen LogP contribution in [0.25, 0.3) is 11.0 Å². The van der Waals surface area contributed by atoms with E-state index in [0.29, 0.717) is 13.0 Å². The van der Waals surface area contributed by atoms with Crippen LogP contribution in [0.15, 0.2) is 78.9 Å². The molecule has 0 spiro atoms. The number of imidazole rings is 1. The number of benzene rings is 3. The number of rotatable bonds is 5. The topological polar surface area (TPSA) is 38.1 Å². The van der Waals surface area contributed by atoms with Crippen molar-refractivity contribution in [1.29, 1.82) is 0 Å². The van der Waals surface area contributed by atoms with Crippen LogP contribution in [-0.4, -0.2) is 22.0 Å². The first-order chi connectivity index (χ1) is 14.7. The zero-order chi connectivity index (χ0) is 20.5. The van der Waals surface area contributed by atoms with E-state index < -0.39 is 0 Å². The fourth-order valence-corrected chi connectivity index (χ4v) is 4.28. The average molecular weight is 399 g/mol. The second kappa shape index (κ2) is 7.75. The van der Waals surface area contributed by atoms with Crippen LogP contribution in [0, 0.1) is 5.82 Å². The third kappa shape index (κ3) is 3.47. The van der Waals surface area contributed by atoms with Crippen LogP contribution in [0.3, 0.4) is 0 Å². The van der Waals surface area contributed by atoms with Gasteiger partial charge in [0.1, 0.15) is 11.6 Å². The Hall–Kier alpha value is -3.47. The number of carbonyl (C=O) groups excluding carboxylic acids is 1. The summed E-state index contributed by atoms with van der Waals surface area (Å²) in [6.07, 6.45) is 1.31. The fourth-order valence-electron chi connectivity index (χ4n) is 4.28. The number of nitrogens with zero attached hydrogens (tertiary/aromatic N) is 3. The molecule has 150 valence electrons. The predicted octanol–water partition coefficient (Wildman–Crippen LogP) is 4.94. The zero-order valence-corrected chi connectivity index (χ0v) is 16.5. The van der Waals surface area contributed by atoms with Gasteiger partial charge in [-0.2, -0.15) is 0 Å². The molecule has 1 fully saturated rings. The van der Waals surface area contributed by atoms with E-state index in [4.69, 9.17) is 4.98 Å². The number of aryl methyl sites for hydroxylation is 2. The van der Waals surface area contributed by atoms with E-state index in [1.165, 1.54) is 17.7 Å². The van der Waals surface area contributed by atoms with Crippen molar-refractivity contribution >= 4 is 22.6 Å². The maximum absolute atomic E-state index is 13.3. The summed E-state index contributed by atoms with van der Waals surface area (Å²) in [6, 6.07) is 24.6. The number of hydrogen-bond acceptors (Lipinski definition) is 2. The SMILES string of the molecule is O=C1CC(c2nc3ccccc3n2CCc2ccccc2)CN1c1ccc(F)cc1. The molecule has 0 radical (unpaired) electrons. The maximum Gasteiger partial charge on any atom is 0.227 e. The standard InChI is InChI=1S/C25H22FN3O/c26-20-10-12-21(13-11-20)29-17-19(16-24(29)30)25-27-22-8-4-5-9-23(22)28(25)15-14-18-6-2-1-3-7-18/h1-13,19H,14-17H2. The molecule has 5 heteroatoms. The third-order valence-electron chi connectivity index (χ3n) is 5.78. The molecule has 3 aromatic carbocycles. The molecule has 1 saturated heterocycles. The number of anilines is 1. The first-order valence-electron chi connectivity index (χ1n) is 10.2. The number of fused-ring (bicyclic) bond motifs is 1. The molecule has 1 atom stereocenters. The van der Waals surface area contributed by atoms with Crippen LogP contribution in [0.2, 0.25) is 0 Å². The number of aromatic nitrogens is 2. The van der Waals surface area contributed by atoms with E-state index in [2.05, 4.69) is 34.9 Å². The monoisotopic (exact) mass is 399 g/mol. The highest BCUT2D eigenvalue weighted by atomic mass is 19.1. The van der Waals surface area contributed by atoms with Crippen molar-refractivity contribution in [3.63, 3.8) is 0 Å². The summed E-state index contributed by atoms with van der Waals surface area (Å²) in [4.78, 5) is 19.4. The molecule has 0 aliphatic carbocycles. The number of halogens is 1.